The Morgan fingerprint density at radius 3 is 1.16 bits per heavy atom. The molecule has 6 aromatic heterocycles. The third kappa shape index (κ3) is 19.4. The van der Waals surface area contributed by atoms with E-state index in [1.165, 1.54) is 68.5 Å². The van der Waals surface area contributed by atoms with Crippen LogP contribution in [0.5, 0.6) is 0 Å². The number of Topliss-reactive ketones (excluding diaryl/α,β-unsaturated/α-hetero) is 3. The fraction of sp³-hybridized carbons (Fsp3) is 0.506. The molecule has 22 nitrogen and oxygen atoms in total. The topological polar surface area (TPSA) is 236 Å². The molecule has 0 atom stereocenters. The molecule has 6 aliphatic rings. The van der Waals surface area contributed by atoms with Crippen LogP contribution in [0.3, 0.4) is 0 Å². The molecular weight excluding hydrogens is 1430 g/mol. The number of benzene rings is 3. The van der Waals surface area contributed by atoms with Crippen molar-refractivity contribution < 1.29 is 73.6 Å². The van der Waals surface area contributed by atoms with Gasteiger partial charge in [0.15, 0.2) is 22.8 Å². The van der Waals surface area contributed by atoms with Gasteiger partial charge in [-0.25, -0.2) is 39.3 Å². The van der Waals surface area contributed by atoms with Crippen LogP contribution in [-0.2, 0) is 72.2 Å². The number of halogens is 10. The van der Waals surface area contributed by atoms with E-state index in [1.54, 1.807) is 24.7 Å². The molecule has 3 aliphatic carbocycles. The molecule has 3 aromatic carbocycles. The second-order valence-corrected chi connectivity index (χ2v) is 30.4. The maximum Gasteiger partial charge on any atom is 0.416 e. The van der Waals surface area contributed by atoms with Crippen molar-refractivity contribution in [3.8, 4) is 0 Å². The van der Waals surface area contributed by atoms with Gasteiger partial charge in [-0.2, -0.15) is 39.5 Å². The van der Waals surface area contributed by atoms with Gasteiger partial charge in [0.05, 0.1) is 89.9 Å². The van der Waals surface area contributed by atoms with Gasteiger partial charge in [-0.05, 0) is 157 Å². The van der Waals surface area contributed by atoms with E-state index in [9.17, 15) is 69.2 Å². The third-order valence-corrected chi connectivity index (χ3v) is 21.3. The van der Waals surface area contributed by atoms with Gasteiger partial charge in [-0.15, -0.1) is 0 Å². The van der Waals surface area contributed by atoms with Crippen LogP contribution < -0.4 is 14.7 Å². The van der Waals surface area contributed by atoms with Crippen molar-refractivity contribution in [3.63, 3.8) is 0 Å². The SMILES string of the molecule is CC(=O)CN1CCC(O)(Cn2cc(F)c3c(N(Cc4ccc(C(F)(F)F)cc4)C4CC4)ncnc32)CC1.CC(=O)CN1CCC(O)(Cn2ccc3c(N(Cc4ccc(C(F)(F)F)cc4)C4CC4)ncnc32)CC1.CC(=O)CN1CCC(O)(Cn2cnc3c(N(Cc4ccc(C(F)(F)F)cc4)C4CC4)ncnc32)CC1. The Morgan fingerprint density at radius 1 is 0.431 bits per heavy atom. The molecule has 9 aromatic rings. The molecule has 3 N–H and O–H groups in total. The molecular formula is C77H88F10N16O6. The molecule has 0 unspecified atom stereocenters. The maximum atomic E-state index is 15.3. The number of fused-ring (bicyclic) bond motifs is 3. The fourth-order valence-corrected chi connectivity index (χ4v) is 15.0. The Hall–Kier alpha value is -9.08. The van der Waals surface area contributed by atoms with Crippen LogP contribution >= 0.6 is 0 Å². The number of carbonyl (C=O) groups excluding carboxylic acids is 3. The van der Waals surface area contributed by atoms with Crippen molar-refractivity contribution >= 4 is 68.0 Å². The summed E-state index contributed by atoms with van der Waals surface area (Å²) in [4.78, 5) is 77.7. The third-order valence-electron chi connectivity index (χ3n) is 21.3. The highest BCUT2D eigenvalue weighted by Gasteiger charge is 2.41. The highest BCUT2D eigenvalue weighted by atomic mass is 19.4. The molecule has 3 saturated heterocycles. The minimum atomic E-state index is -4.41. The molecule has 3 saturated carbocycles. The number of imidazole rings is 1. The summed E-state index contributed by atoms with van der Waals surface area (Å²) in [5, 5.41) is 34.7. The van der Waals surface area contributed by atoms with Crippen molar-refractivity contribution in [3.05, 3.63) is 156 Å². The Labute approximate surface area is 622 Å². The van der Waals surface area contributed by atoms with Crippen molar-refractivity contribution in [2.75, 3.05) is 73.6 Å². The van der Waals surface area contributed by atoms with Crippen LogP contribution in [0.2, 0.25) is 0 Å². The van der Waals surface area contributed by atoms with Crippen LogP contribution in [0.25, 0.3) is 33.2 Å². The predicted molar refractivity (Wildman–Crippen MR) is 386 cm³/mol. The number of alkyl halides is 9. The van der Waals surface area contributed by atoms with E-state index in [1.807, 2.05) is 31.2 Å². The van der Waals surface area contributed by atoms with E-state index >= 15 is 4.39 Å². The summed E-state index contributed by atoms with van der Waals surface area (Å²) < 4.78 is 137. The molecule has 0 bridgehead atoms. The number of aromatic nitrogens is 10. The first-order valence-corrected chi connectivity index (χ1v) is 36.8. The van der Waals surface area contributed by atoms with E-state index in [0.717, 1.165) is 103 Å². The number of hydrogen-bond acceptors (Lipinski definition) is 19. The number of ketones is 3. The number of rotatable bonds is 24. The van der Waals surface area contributed by atoms with Gasteiger partial charge < -0.3 is 43.7 Å². The minimum Gasteiger partial charge on any atom is -0.388 e. The minimum absolute atomic E-state index is 0.0738. The first-order chi connectivity index (χ1) is 51.7. The Bertz CT molecular complexity index is 4470. The average Bonchev–Trinajstić information content (AvgIpc) is 1.61. The predicted octanol–water partition coefficient (Wildman–Crippen LogP) is 11.6. The summed E-state index contributed by atoms with van der Waals surface area (Å²) in [6, 6.07) is 18.1. The molecule has 109 heavy (non-hydrogen) atoms. The molecule has 3 aliphatic heterocycles. The number of aliphatic hydroxyl groups is 3. The van der Waals surface area contributed by atoms with Gasteiger partial charge in [0.1, 0.15) is 59.3 Å². The molecule has 15 rings (SSSR count). The zero-order valence-corrected chi connectivity index (χ0v) is 60.8. The second-order valence-electron chi connectivity index (χ2n) is 30.4. The quantitative estimate of drug-likeness (QED) is 0.0477. The van der Waals surface area contributed by atoms with Gasteiger partial charge in [0.2, 0.25) is 0 Å². The summed E-state index contributed by atoms with van der Waals surface area (Å²) in [7, 11) is 0. The van der Waals surface area contributed by atoms with Crippen LogP contribution in [-0.4, -0.2) is 190 Å². The van der Waals surface area contributed by atoms with Crippen molar-refractivity contribution in [2.24, 2.45) is 0 Å². The highest BCUT2D eigenvalue weighted by molar-refractivity contribution is 5.90. The lowest BCUT2D eigenvalue weighted by Crippen LogP contribution is -2.47. The van der Waals surface area contributed by atoms with Gasteiger partial charge >= 0.3 is 18.5 Å². The van der Waals surface area contributed by atoms with Crippen LogP contribution in [0.4, 0.5) is 61.4 Å². The fourth-order valence-electron chi connectivity index (χ4n) is 15.0. The first-order valence-electron chi connectivity index (χ1n) is 36.8. The van der Waals surface area contributed by atoms with Crippen molar-refractivity contribution in [1.29, 1.82) is 0 Å². The van der Waals surface area contributed by atoms with E-state index in [2.05, 4.69) is 54.5 Å². The first kappa shape index (κ1) is 78.1. The van der Waals surface area contributed by atoms with Gasteiger partial charge in [0, 0.05) is 89.4 Å². The smallest absolute Gasteiger partial charge is 0.388 e. The highest BCUT2D eigenvalue weighted by Crippen LogP contribution is 2.42. The lowest BCUT2D eigenvalue weighted by Gasteiger charge is -2.38. The van der Waals surface area contributed by atoms with Crippen molar-refractivity contribution in [2.45, 2.75) is 191 Å². The summed E-state index contributed by atoms with van der Waals surface area (Å²) in [6.45, 7) is 11.6. The Kier molecular flexibility index (Phi) is 22.7. The van der Waals surface area contributed by atoms with Crippen molar-refractivity contribution in [1.82, 2.24) is 63.3 Å². The molecule has 582 valence electrons. The number of carbonyl (C=O) groups is 3. The summed E-state index contributed by atoms with van der Waals surface area (Å²) in [6.07, 6.45) is 4.93. The monoisotopic (exact) mass is 1520 g/mol. The molecule has 6 fully saturated rings. The van der Waals surface area contributed by atoms with E-state index < -0.39 is 57.8 Å². The van der Waals surface area contributed by atoms with Gasteiger partial charge in [0.25, 0.3) is 0 Å². The molecule has 32 heteroatoms. The summed E-state index contributed by atoms with van der Waals surface area (Å²) >= 11 is 0. The number of piperidine rings is 3. The largest absolute Gasteiger partial charge is 0.416 e. The lowest BCUT2D eigenvalue weighted by atomic mass is 9.91. The Balaban J connectivity index is 0.000000144. The molecule has 0 amide bonds. The van der Waals surface area contributed by atoms with Gasteiger partial charge in [-0.1, -0.05) is 36.4 Å². The number of hydrogen-bond donors (Lipinski definition) is 3. The number of likely N-dealkylation sites (tertiary alicyclic amines) is 3. The van der Waals surface area contributed by atoms with Crippen LogP contribution in [0.15, 0.2) is 117 Å². The zero-order valence-electron chi connectivity index (χ0n) is 60.8. The molecule has 0 spiro atoms. The summed E-state index contributed by atoms with van der Waals surface area (Å²) in [5.41, 5.74) is -0.417. The molecule has 9 heterocycles. The average molecular weight is 1520 g/mol. The second kappa shape index (κ2) is 31.7. The normalized spacial score (nSPS) is 18.4. The zero-order chi connectivity index (χ0) is 77.4. The van der Waals surface area contributed by atoms with Gasteiger partial charge in [-0.3, -0.25) is 29.1 Å². The Morgan fingerprint density at radius 2 is 0.771 bits per heavy atom. The number of nitrogens with zero attached hydrogens (tertiary/aromatic N) is 16. The number of anilines is 3. The van der Waals surface area contributed by atoms with E-state index in [-0.39, 0.29) is 54.0 Å². The van der Waals surface area contributed by atoms with E-state index in [0.29, 0.717) is 158 Å². The molecule has 0 radical (unpaired) electrons. The maximum absolute atomic E-state index is 15.3. The standard InChI is InChI=1S/C26H29F4N5O2.C26H30F3N5O2.C25H29F3N6O2/c1-17(36)12-33-10-8-25(37,9-11-33)15-34-14-21(27)22-23(34)31-16-32-24(22)35(20-6-7-20)13-18-2-4-19(5-3-18)26(28,29)30;1-18(35)14-32-12-9-25(36,10-13-32)16-33-11-8-22-23(33)30-17-31-24(22)34(21-6-7-21)15-19-2-4-20(5-3-19)26(27,28)29;1-17(35)12-32-10-8-24(36,9-11-32)14-33-16-31-21-22(33)29-15-30-23(21)34(20-6-7-20)13-18-2-4-19(5-3-18)25(26,27)28/h2-5,14,16,20,37H,6-13,15H2,1H3;2-5,8,11,17,21,36H,6-7,9-10,12-16H2,1H3;2-5,15-16,20,36H,6-14H2,1H3. The lowest BCUT2D eigenvalue weighted by molar-refractivity contribution is -0.138. The summed E-state index contributed by atoms with van der Waals surface area (Å²) in [5.74, 6) is 1.59. The van der Waals surface area contributed by atoms with E-state index in [4.69, 9.17) is 0 Å². The van der Waals surface area contributed by atoms with Crippen LogP contribution in [0.1, 0.15) is 131 Å². The van der Waals surface area contributed by atoms with Crippen LogP contribution in [0, 0.1) is 5.82 Å².